The minimum atomic E-state index is -0.273. The molecule has 0 bridgehead atoms. The van der Waals surface area contributed by atoms with Crippen LogP contribution in [0, 0.1) is 10.9 Å². The van der Waals surface area contributed by atoms with E-state index in [1.807, 2.05) is 68.4 Å². The number of anilines is 1. The van der Waals surface area contributed by atoms with Gasteiger partial charge in [-0.15, -0.1) is 5.10 Å². The largest absolute Gasteiger partial charge is 0.325 e. The van der Waals surface area contributed by atoms with E-state index in [1.54, 1.807) is 4.68 Å². The van der Waals surface area contributed by atoms with Gasteiger partial charge in [-0.3, -0.25) is 4.79 Å². The zero-order valence-corrected chi connectivity index (χ0v) is 16.3. The van der Waals surface area contributed by atoms with Crippen LogP contribution in [0.15, 0.2) is 58.9 Å². The van der Waals surface area contributed by atoms with Crippen LogP contribution in [0.5, 0.6) is 0 Å². The van der Waals surface area contributed by atoms with Crippen LogP contribution in [-0.4, -0.2) is 20.9 Å². The molecular weight excluding hydrogens is 370 g/mol. The average Bonchev–Trinajstić information content (AvgIpc) is 2.96. The Morgan fingerprint density at radius 2 is 2.00 bits per heavy atom. The zero-order chi connectivity index (χ0) is 17.8. The Balaban J connectivity index is 1.70. The minimum absolute atomic E-state index is 0.0528. The molecule has 3 rings (SSSR count). The summed E-state index contributed by atoms with van der Waals surface area (Å²) in [5.41, 5.74) is 2.84. The first-order valence-electron chi connectivity index (χ1n) is 7.73. The standard InChI is InChI=1S/C18H17N3OS3/c1-12-7-6-8-14(11-12)19-16(22)13(2)24-17-20-21(18(23)25-17)15-9-4-3-5-10-15/h3-11,13H,1-2H3,(H,19,22)/t13-/m0/s1. The number of nitrogens with one attached hydrogen (secondary N) is 1. The Labute approximate surface area is 159 Å². The number of thioether (sulfide) groups is 1. The molecule has 0 aliphatic carbocycles. The van der Waals surface area contributed by atoms with E-state index in [0.29, 0.717) is 3.95 Å². The van der Waals surface area contributed by atoms with Gasteiger partial charge in [-0.2, -0.15) is 0 Å². The van der Waals surface area contributed by atoms with Crippen LogP contribution < -0.4 is 5.32 Å². The Morgan fingerprint density at radius 3 is 2.72 bits per heavy atom. The second kappa shape index (κ2) is 7.95. The number of nitrogens with zero attached hydrogens (tertiary/aromatic N) is 2. The fourth-order valence-corrected chi connectivity index (χ4v) is 4.72. The van der Waals surface area contributed by atoms with Crippen LogP contribution in [0.4, 0.5) is 5.69 Å². The molecule has 1 N–H and O–H groups in total. The molecule has 1 atom stereocenters. The molecule has 0 saturated carbocycles. The summed E-state index contributed by atoms with van der Waals surface area (Å²) in [6.45, 7) is 3.87. The lowest BCUT2D eigenvalue weighted by Gasteiger charge is -2.10. The summed E-state index contributed by atoms with van der Waals surface area (Å²) in [5.74, 6) is -0.0528. The van der Waals surface area contributed by atoms with Gasteiger partial charge in [0, 0.05) is 5.69 Å². The van der Waals surface area contributed by atoms with Gasteiger partial charge in [-0.1, -0.05) is 53.4 Å². The highest BCUT2D eigenvalue weighted by Gasteiger charge is 2.17. The lowest BCUT2D eigenvalue weighted by Crippen LogP contribution is -2.22. The van der Waals surface area contributed by atoms with E-state index in [4.69, 9.17) is 12.2 Å². The number of aromatic nitrogens is 2. The topological polar surface area (TPSA) is 46.9 Å². The van der Waals surface area contributed by atoms with Crippen molar-refractivity contribution in [2.75, 3.05) is 5.32 Å². The van der Waals surface area contributed by atoms with Crippen LogP contribution in [-0.2, 0) is 4.79 Å². The molecule has 1 heterocycles. The molecule has 2 aromatic carbocycles. The summed E-state index contributed by atoms with van der Waals surface area (Å²) in [7, 11) is 0. The minimum Gasteiger partial charge on any atom is -0.325 e. The van der Waals surface area contributed by atoms with Gasteiger partial charge in [0.2, 0.25) is 5.91 Å². The van der Waals surface area contributed by atoms with Gasteiger partial charge in [-0.25, -0.2) is 4.68 Å². The van der Waals surface area contributed by atoms with E-state index in [2.05, 4.69) is 10.4 Å². The van der Waals surface area contributed by atoms with Gasteiger partial charge >= 0.3 is 0 Å². The number of carbonyl (C=O) groups excluding carboxylic acids is 1. The number of para-hydroxylation sites is 1. The monoisotopic (exact) mass is 387 g/mol. The first kappa shape index (κ1) is 17.8. The number of hydrogen-bond acceptors (Lipinski definition) is 5. The van der Waals surface area contributed by atoms with Crippen LogP contribution in [0.3, 0.4) is 0 Å². The highest BCUT2D eigenvalue weighted by Crippen LogP contribution is 2.28. The van der Waals surface area contributed by atoms with Crippen LogP contribution in [0.1, 0.15) is 12.5 Å². The van der Waals surface area contributed by atoms with E-state index in [0.717, 1.165) is 21.3 Å². The third-order valence-corrected chi connectivity index (χ3v) is 5.88. The molecule has 7 heteroatoms. The molecule has 1 aromatic heterocycles. The van der Waals surface area contributed by atoms with Crippen molar-refractivity contribution in [3.8, 4) is 5.69 Å². The first-order valence-corrected chi connectivity index (χ1v) is 9.83. The number of rotatable bonds is 5. The predicted molar refractivity (Wildman–Crippen MR) is 107 cm³/mol. The lowest BCUT2D eigenvalue weighted by atomic mass is 10.2. The summed E-state index contributed by atoms with van der Waals surface area (Å²) in [6, 6.07) is 17.5. The Morgan fingerprint density at radius 1 is 1.24 bits per heavy atom. The summed E-state index contributed by atoms with van der Waals surface area (Å²) in [6.07, 6.45) is 0. The zero-order valence-electron chi connectivity index (χ0n) is 13.8. The third kappa shape index (κ3) is 4.56. The van der Waals surface area contributed by atoms with E-state index < -0.39 is 0 Å². The summed E-state index contributed by atoms with van der Waals surface area (Å²) >= 11 is 8.22. The van der Waals surface area contributed by atoms with Gasteiger partial charge < -0.3 is 5.32 Å². The van der Waals surface area contributed by atoms with Crippen molar-refractivity contribution < 1.29 is 4.79 Å². The van der Waals surface area contributed by atoms with Crippen molar-refractivity contribution in [2.24, 2.45) is 0 Å². The molecule has 0 fully saturated rings. The number of amides is 1. The Bertz CT molecular complexity index is 934. The number of hydrogen-bond donors (Lipinski definition) is 1. The summed E-state index contributed by atoms with van der Waals surface area (Å²) in [5, 5.41) is 7.20. The van der Waals surface area contributed by atoms with Crippen LogP contribution >= 0.6 is 35.3 Å². The fraction of sp³-hybridized carbons (Fsp3) is 0.167. The van der Waals surface area contributed by atoms with Gasteiger partial charge in [0.1, 0.15) is 0 Å². The number of benzene rings is 2. The van der Waals surface area contributed by atoms with Crippen molar-refractivity contribution in [1.29, 1.82) is 0 Å². The molecular formula is C18H17N3OS3. The predicted octanol–water partition coefficient (Wildman–Crippen LogP) is 5.09. The highest BCUT2D eigenvalue weighted by atomic mass is 32.2. The maximum Gasteiger partial charge on any atom is 0.237 e. The molecule has 0 unspecified atom stereocenters. The van der Waals surface area contributed by atoms with Gasteiger partial charge in [-0.05, 0) is 55.9 Å². The first-order chi connectivity index (χ1) is 12.0. The van der Waals surface area contributed by atoms with Crippen LogP contribution in [0.25, 0.3) is 5.69 Å². The molecule has 3 aromatic rings. The van der Waals surface area contributed by atoms with Crippen molar-refractivity contribution >= 4 is 46.9 Å². The SMILES string of the molecule is Cc1cccc(NC(=O)[C@H](C)Sc2nn(-c3ccccc3)c(=S)s2)c1. The maximum absolute atomic E-state index is 12.4. The van der Waals surface area contributed by atoms with E-state index in [1.165, 1.54) is 23.1 Å². The summed E-state index contributed by atoms with van der Waals surface area (Å²) < 4.78 is 3.17. The highest BCUT2D eigenvalue weighted by molar-refractivity contribution is 8.02. The second-order valence-electron chi connectivity index (χ2n) is 5.50. The molecule has 1 amide bonds. The van der Waals surface area contributed by atoms with E-state index in [-0.39, 0.29) is 11.2 Å². The molecule has 0 spiro atoms. The third-order valence-electron chi connectivity index (χ3n) is 3.46. The molecule has 0 aliphatic rings. The summed E-state index contributed by atoms with van der Waals surface area (Å²) in [4.78, 5) is 12.4. The Kier molecular flexibility index (Phi) is 5.67. The molecule has 0 saturated heterocycles. The van der Waals surface area contributed by atoms with Gasteiger partial charge in [0.15, 0.2) is 8.29 Å². The lowest BCUT2D eigenvalue weighted by molar-refractivity contribution is -0.115. The van der Waals surface area contributed by atoms with E-state index in [9.17, 15) is 4.79 Å². The molecule has 4 nitrogen and oxygen atoms in total. The molecule has 128 valence electrons. The molecule has 0 aliphatic heterocycles. The van der Waals surface area contributed by atoms with Crippen molar-refractivity contribution in [1.82, 2.24) is 9.78 Å². The number of carbonyl (C=O) groups is 1. The van der Waals surface area contributed by atoms with Crippen molar-refractivity contribution in [2.45, 2.75) is 23.4 Å². The van der Waals surface area contributed by atoms with Gasteiger partial charge in [0.05, 0.1) is 10.9 Å². The quantitative estimate of drug-likeness (QED) is 0.489. The Hall–Kier alpha value is -1.96. The van der Waals surface area contributed by atoms with Crippen molar-refractivity contribution in [3.05, 3.63) is 64.1 Å². The smallest absolute Gasteiger partial charge is 0.237 e. The fourth-order valence-electron chi connectivity index (χ4n) is 2.21. The molecule has 0 radical (unpaired) electrons. The molecule has 25 heavy (non-hydrogen) atoms. The van der Waals surface area contributed by atoms with E-state index >= 15 is 0 Å². The number of aryl methyl sites for hydroxylation is 1. The average molecular weight is 388 g/mol. The normalized spacial score (nSPS) is 11.9. The second-order valence-corrected chi connectivity index (χ2v) is 8.71. The van der Waals surface area contributed by atoms with Crippen molar-refractivity contribution in [3.63, 3.8) is 0 Å². The maximum atomic E-state index is 12.4. The van der Waals surface area contributed by atoms with Crippen LogP contribution in [0.2, 0.25) is 0 Å². The van der Waals surface area contributed by atoms with Gasteiger partial charge in [0.25, 0.3) is 0 Å².